The van der Waals surface area contributed by atoms with Crippen molar-refractivity contribution < 1.29 is 63.8 Å². The fourth-order valence-electron chi connectivity index (χ4n) is 5.03. The molecular formula is C27H43N4O13P. The van der Waals surface area contributed by atoms with Crippen LogP contribution in [0.15, 0.2) is 36.5 Å². The molecule has 0 radical (unpaired) electrons. The summed E-state index contributed by atoms with van der Waals surface area (Å²) in [5.74, 6) is 0. The van der Waals surface area contributed by atoms with Gasteiger partial charge in [0.1, 0.15) is 48.8 Å². The third-order valence-electron chi connectivity index (χ3n) is 7.51. The second-order valence-electron chi connectivity index (χ2n) is 10.7. The van der Waals surface area contributed by atoms with Gasteiger partial charge >= 0.3 is 7.52 Å². The largest absolute Gasteiger partial charge is 0.394 e. The van der Waals surface area contributed by atoms with Crippen molar-refractivity contribution >= 4 is 13.0 Å². The normalized spacial score (nSPS) is 33.6. The van der Waals surface area contributed by atoms with Crippen molar-refractivity contribution in [1.29, 1.82) is 0 Å². The summed E-state index contributed by atoms with van der Waals surface area (Å²) in [5, 5.41) is 81.9. The zero-order valence-electron chi connectivity index (χ0n) is 24.8. The van der Waals surface area contributed by atoms with Crippen LogP contribution < -0.4 is 10.5 Å². The first-order valence-electron chi connectivity index (χ1n) is 14.8. The average molecular weight is 663 g/mol. The molecule has 17 nitrogen and oxygen atoms in total. The predicted molar refractivity (Wildman–Crippen MR) is 154 cm³/mol. The lowest BCUT2D eigenvalue weighted by molar-refractivity contribution is -0.359. The number of nitrogens with zero attached hydrogens (tertiary/aromatic N) is 3. The molecule has 45 heavy (non-hydrogen) atoms. The van der Waals surface area contributed by atoms with Crippen LogP contribution in [0.5, 0.6) is 0 Å². The van der Waals surface area contributed by atoms with E-state index in [9.17, 15) is 40.3 Å². The lowest BCUT2D eigenvalue weighted by Crippen LogP contribution is -2.64. The second-order valence-corrected chi connectivity index (χ2v) is 12.8. The number of aliphatic hydroxyl groups is 7. The maximum atomic E-state index is 13.5. The van der Waals surface area contributed by atoms with Gasteiger partial charge in [0.05, 0.1) is 39.2 Å². The van der Waals surface area contributed by atoms with Gasteiger partial charge in [0.15, 0.2) is 18.0 Å². The molecule has 2 saturated heterocycles. The zero-order chi connectivity index (χ0) is 32.6. The number of aromatic nitrogens is 3. The van der Waals surface area contributed by atoms with Crippen molar-refractivity contribution in [3.05, 3.63) is 42.1 Å². The molecule has 1 aromatic carbocycles. The van der Waals surface area contributed by atoms with Crippen molar-refractivity contribution in [3.63, 3.8) is 0 Å². The summed E-state index contributed by atoms with van der Waals surface area (Å²) in [6, 6.07) is 9.91. The van der Waals surface area contributed by atoms with Crippen molar-refractivity contribution in [3.8, 4) is 0 Å². The van der Waals surface area contributed by atoms with E-state index in [4.69, 9.17) is 23.5 Å². The highest BCUT2D eigenvalue weighted by Crippen LogP contribution is 2.40. The van der Waals surface area contributed by atoms with Crippen LogP contribution in [0.4, 0.5) is 0 Å². The van der Waals surface area contributed by atoms with Crippen LogP contribution in [0.3, 0.4) is 0 Å². The molecule has 0 amide bonds. The molecule has 2 aromatic rings. The van der Waals surface area contributed by atoms with Gasteiger partial charge in [0.25, 0.3) is 0 Å². The van der Waals surface area contributed by atoms with Crippen LogP contribution in [0, 0.1) is 0 Å². The summed E-state index contributed by atoms with van der Waals surface area (Å²) < 4.78 is 42.5. The summed E-state index contributed by atoms with van der Waals surface area (Å²) >= 11 is 0. The highest BCUT2D eigenvalue weighted by molar-refractivity contribution is 7.64. The molecule has 4 rings (SSSR count). The molecule has 1 unspecified atom stereocenters. The lowest BCUT2D eigenvalue weighted by Gasteiger charge is -2.45. The maximum Gasteiger partial charge on any atom is 0.321 e. The number of ether oxygens (including phenoxy) is 4. The Hall–Kier alpha value is -1.93. The number of nitrogens with one attached hydrogen (secondary N) is 1. The molecule has 2 aliphatic rings. The molecule has 0 aliphatic carbocycles. The number of hydrogen-bond acceptors (Lipinski definition) is 15. The molecule has 3 heterocycles. The van der Waals surface area contributed by atoms with E-state index in [1.807, 2.05) is 30.3 Å². The lowest BCUT2D eigenvalue weighted by atomic mass is 9.97. The third-order valence-corrected chi connectivity index (χ3v) is 9.58. The van der Waals surface area contributed by atoms with Crippen molar-refractivity contribution in [1.82, 2.24) is 20.1 Å². The first kappa shape index (κ1) is 35.9. The van der Waals surface area contributed by atoms with E-state index in [2.05, 4.69) is 15.4 Å². The van der Waals surface area contributed by atoms with Gasteiger partial charge in [-0.25, -0.2) is 9.77 Å². The summed E-state index contributed by atoms with van der Waals surface area (Å²) in [7, 11) is -3.50. The summed E-state index contributed by atoms with van der Waals surface area (Å²) in [4.78, 5) is 0. The van der Waals surface area contributed by atoms with Crippen LogP contribution in [0.1, 0.15) is 18.9 Å². The van der Waals surface area contributed by atoms with Crippen LogP contribution in [0.2, 0.25) is 0 Å². The Labute approximate surface area is 259 Å². The molecule has 18 heteroatoms. The van der Waals surface area contributed by atoms with Crippen molar-refractivity contribution in [2.75, 3.05) is 33.0 Å². The van der Waals surface area contributed by atoms with Crippen molar-refractivity contribution in [2.45, 2.75) is 87.7 Å². The van der Waals surface area contributed by atoms with E-state index < -0.39 is 82.1 Å². The van der Waals surface area contributed by atoms with Crippen LogP contribution >= 0.6 is 7.52 Å². The minimum Gasteiger partial charge on any atom is -0.394 e. The van der Waals surface area contributed by atoms with E-state index in [1.54, 1.807) is 6.92 Å². The van der Waals surface area contributed by atoms with E-state index in [-0.39, 0.29) is 25.2 Å². The number of aryl methyl sites for hydroxylation is 1. The van der Waals surface area contributed by atoms with Gasteiger partial charge in [-0.05, 0) is 25.3 Å². The van der Waals surface area contributed by atoms with Crippen LogP contribution in [0.25, 0.3) is 0 Å². The summed E-state index contributed by atoms with van der Waals surface area (Å²) in [5.41, 5.74) is 1.29. The highest BCUT2D eigenvalue weighted by Gasteiger charge is 2.50. The molecular weight excluding hydrogens is 619 g/mol. The third kappa shape index (κ3) is 8.91. The minimum atomic E-state index is -3.50. The number of rotatable bonds is 16. The first-order chi connectivity index (χ1) is 21.6. The van der Waals surface area contributed by atoms with Gasteiger partial charge in [-0.15, -0.1) is 5.10 Å². The molecule has 0 bridgehead atoms. The van der Waals surface area contributed by atoms with Gasteiger partial charge in [0.2, 0.25) is 0 Å². The molecule has 2 fully saturated rings. The Morgan fingerprint density at radius 1 is 0.933 bits per heavy atom. The molecule has 0 spiro atoms. The van der Waals surface area contributed by atoms with E-state index in [0.29, 0.717) is 6.54 Å². The van der Waals surface area contributed by atoms with Crippen LogP contribution in [-0.4, -0.2) is 145 Å². The summed E-state index contributed by atoms with van der Waals surface area (Å²) in [6.45, 7) is 0.933. The van der Waals surface area contributed by atoms with Gasteiger partial charge in [0, 0.05) is 6.54 Å². The fourth-order valence-corrected chi connectivity index (χ4v) is 6.67. The Bertz CT molecular complexity index is 1210. The van der Waals surface area contributed by atoms with E-state index in [1.165, 1.54) is 16.4 Å². The van der Waals surface area contributed by atoms with Gasteiger partial charge in [-0.3, -0.25) is 4.57 Å². The topological polar surface area (TPSA) is 248 Å². The number of hydrogen-bond donors (Lipinski definition) is 8. The Kier molecular flexibility index (Phi) is 13.4. The van der Waals surface area contributed by atoms with Gasteiger partial charge in [-0.1, -0.05) is 35.5 Å². The highest BCUT2D eigenvalue weighted by atomic mass is 31.2. The summed E-state index contributed by atoms with van der Waals surface area (Å²) in [6.07, 6.45) is -12.5. The molecule has 11 atom stereocenters. The maximum absolute atomic E-state index is 13.5. The molecule has 8 N–H and O–H groups in total. The Balaban J connectivity index is 1.29. The predicted octanol–water partition coefficient (Wildman–Crippen LogP) is -3.00. The smallest absolute Gasteiger partial charge is 0.321 e. The van der Waals surface area contributed by atoms with E-state index >= 15 is 0 Å². The second kappa shape index (κ2) is 16.8. The average Bonchev–Trinajstić information content (AvgIpc) is 3.53. The van der Waals surface area contributed by atoms with E-state index in [0.717, 1.165) is 12.8 Å². The Morgan fingerprint density at radius 2 is 1.62 bits per heavy atom. The quantitative estimate of drug-likeness (QED) is 0.0659. The fraction of sp³-hybridized carbons (Fsp3) is 0.704. The first-order valence-corrected chi connectivity index (χ1v) is 16.4. The monoisotopic (exact) mass is 662 g/mol. The number of benzene rings is 1. The molecule has 254 valence electrons. The minimum absolute atomic E-state index is 0.0877. The molecule has 0 saturated carbocycles. The van der Waals surface area contributed by atoms with Crippen molar-refractivity contribution in [2.24, 2.45) is 0 Å². The Morgan fingerprint density at radius 3 is 2.31 bits per heavy atom. The number of aliphatic hydroxyl groups excluding tert-OH is 7. The SMILES string of the molecule is CCOP(=O)(NCCCc1ccccc1)c1cn(CCO[C@@H]2O[C@H](CO)[C@@H](O[C@@H]3O[C@H](CO)[C@H](O)[C@H](O)[C@H]3O)[C@H](O)[C@H]2O)nn1. The van der Waals surface area contributed by atoms with Crippen LogP contribution in [-0.2, 0) is 41.0 Å². The molecule has 2 aliphatic heterocycles. The van der Waals surface area contributed by atoms with Gasteiger partial charge < -0.3 is 59.2 Å². The standard InChI is InChI=1S/C27H43N4O13P/c1-2-41-45(39,28-10-6-9-16-7-4-3-5-8-16)19-13-31(30-29-19)11-12-40-26-24(38)22(36)25(18(15-33)43-26)44-27-23(37)21(35)20(34)17(14-32)42-27/h3-5,7-8,13,17-18,20-27,32-38H,2,6,9-12,14-15H2,1H3,(H,28,39)/t17-,18-,20+,21+,22-,23-,24-,25-,26-,27+,45?/m1/s1. The molecule has 1 aromatic heterocycles. The zero-order valence-corrected chi connectivity index (χ0v) is 25.7. The van der Waals surface area contributed by atoms with Gasteiger partial charge in [-0.2, -0.15) is 0 Å².